The normalized spacial score (nSPS) is 11.8. The predicted octanol–water partition coefficient (Wildman–Crippen LogP) is 0.512. The SMILES string of the molecule is CCNC(=O)C(C)(C)n1c(=O)[nH]c2sc(-n3nccn3)c(C)c2c1=O. The number of hydrogen-bond acceptors (Lipinski definition) is 6. The minimum Gasteiger partial charge on any atom is -0.354 e. The number of thiophene rings is 1. The van der Waals surface area contributed by atoms with Crippen LogP contribution in [0, 0.1) is 6.92 Å². The third-order valence-electron chi connectivity index (χ3n) is 4.01. The Labute approximate surface area is 146 Å². The molecule has 0 radical (unpaired) electrons. The minimum absolute atomic E-state index is 0.356. The van der Waals surface area contributed by atoms with Gasteiger partial charge in [0.1, 0.15) is 15.4 Å². The maximum atomic E-state index is 13.0. The fourth-order valence-electron chi connectivity index (χ4n) is 2.70. The van der Waals surface area contributed by atoms with Crippen LogP contribution in [-0.2, 0) is 10.3 Å². The predicted molar refractivity (Wildman–Crippen MR) is 94.4 cm³/mol. The van der Waals surface area contributed by atoms with Crippen LogP contribution >= 0.6 is 11.3 Å². The van der Waals surface area contributed by atoms with Crippen molar-refractivity contribution in [1.82, 2.24) is 29.9 Å². The fourth-order valence-corrected chi connectivity index (χ4v) is 3.81. The molecule has 0 aliphatic heterocycles. The standard InChI is InChI=1S/C15H18N6O3S/c1-5-16-13(23)15(3,4)20-11(22)9-8(2)12(21-17-6-7-18-21)25-10(9)19-14(20)24/h6-7H,5H2,1-4H3,(H,16,23)(H,19,24). The third-order valence-corrected chi connectivity index (χ3v) is 5.19. The number of nitrogens with one attached hydrogen (secondary N) is 2. The average molecular weight is 362 g/mol. The highest BCUT2D eigenvalue weighted by molar-refractivity contribution is 7.21. The van der Waals surface area contributed by atoms with Crippen LogP contribution in [0.2, 0.25) is 0 Å². The van der Waals surface area contributed by atoms with E-state index in [1.807, 2.05) is 0 Å². The summed E-state index contributed by atoms with van der Waals surface area (Å²) >= 11 is 1.22. The third kappa shape index (κ3) is 2.58. The number of aromatic amines is 1. The Hall–Kier alpha value is -2.75. The molecule has 0 fully saturated rings. The van der Waals surface area contributed by atoms with Crippen molar-refractivity contribution in [2.24, 2.45) is 0 Å². The van der Waals surface area contributed by atoms with Gasteiger partial charge in [-0.25, -0.2) is 9.36 Å². The second kappa shape index (κ2) is 5.96. The molecule has 10 heteroatoms. The van der Waals surface area contributed by atoms with Gasteiger partial charge in [-0.3, -0.25) is 14.6 Å². The molecule has 1 amide bonds. The maximum Gasteiger partial charge on any atom is 0.330 e. The molecule has 0 atom stereocenters. The largest absolute Gasteiger partial charge is 0.354 e. The first-order valence-corrected chi connectivity index (χ1v) is 8.54. The Morgan fingerprint density at radius 3 is 2.56 bits per heavy atom. The van der Waals surface area contributed by atoms with Crippen molar-refractivity contribution in [2.75, 3.05) is 6.54 Å². The van der Waals surface area contributed by atoms with E-state index in [4.69, 9.17) is 0 Å². The van der Waals surface area contributed by atoms with Gasteiger partial charge in [-0.05, 0) is 27.7 Å². The van der Waals surface area contributed by atoms with E-state index in [1.54, 1.807) is 13.8 Å². The number of rotatable bonds is 4. The first-order valence-electron chi connectivity index (χ1n) is 7.73. The summed E-state index contributed by atoms with van der Waals surface area (Å²) < 4.78 is 0.959. The minimum atomic E-state index is -1.33. The summed E-state index contributed by atoms with van der Waals surface area (Å²) in [6, 6.07) is 0. The number of likely N-dealkylation sites (N-methyl/N-ethyl adjacent to an activating group) is 1. The van der Waals surface area contributed by atoms with E-state index in [1.165, 1.54) is 42.4 Å². The van der Waals surface area contributed by atoms with E-state index in [9.17, 15) is 14.4 Å². The zero-order valence-electron chi connectivity index (χ0n) is 14.3. The summed E-state index contributed by atoms with van der Waals surface area (Å²) in [6.07, 6.45) is 3.06. The lowest BCUT2D eigenvalue weighted by atomic mass is 10.0. The van der Waals surface area contributed by atoms with E-state index in [2.05, 4.69) is 20.5 Å². The lowest BCUT2D eigenvalue weighted by Gasteiger charge is -2.25. The smallest absolute Gasteiger partial charge is 0.330 e. The van der Waals surface area contributed by atoms with Gasteiger partial charge in [0.2, 0.25) is 5.91 Å². The van der Waals surface area contributed by atoms with Crippen LogP contribution in [0.15, 0.2) is 22.0 Å². The molecular weight excluding hydrogens is 344 g/mol. The van der Waals surface area contributed by atoms with Crippen LogP contribution in [0.25, 0.3) is 15.2 Å². The van der Waals surface area contributed by atoms with Crippen molar-refractivity contribution < 1.29 is 4.79 Å². The molecule has 2 N–H and O–H groups in total. The van der Waals surface area contributed by atoms with Crippen LogP contribution < -0.4 is 16.6 Å². The van der Waals surface area contributed by atoms with Crippen molar-refractivity contribution in [2.45, 2.75) is 33.2 Å². The Morgan fingerprint density at radius 1 is 1.32 bits per heavy atom. The van der Waals surface area contributed by atoms with Crippen molar-refractivity contribution >= 4 is 27.5 Å². The molecular formula is C15H18N6O3S. The Balaban J connectivity index is 2.30. The molecule has 0 aromatic carbocycles. The van der Waals surface area contributed by atoms with E-state index < -0.39 is 22.7 Å². The molecule has 0 aliphatic carbocycles. The van der Waals surface area contributed by atoms with Crippen molar-refractivity contribution in [3.8, 4) is 5.00 Å². The molecule has 0 bridgehead atoms. The highest BCUT2D eigenvalue weighted by Gasteiger charge is 2.33. The van der Waals surface area contributed by atoms with Gasteiger partial charge in [0.25, 0.3) is 5.56 Å². The maximum absolute atomic E-state index is 13.0. The zero-order chi connectivity index (χ0) is 18.4. The summed E-state index contributed by atoms with van der Waals surface area (Å²) in [5.74, 6) is -0.399. The van der Waals surface area contributed by atoms with Gasteiger partial charge in [0, 0.05) is 12.1 Å². The number of H-pyrrole nitrogens is 1. The van der Waals surface area contributed by atoms with E-state index in [0.717, 1.165) is 4.57 Å². The topological polar surface area (TPSA) is 115 Å². The number of nitrogens with zero attached hydrogens (tertiary/aromatic N) is 4. The van der Waals surface area contributed by atoms with Crippen LogP contribution in [0.4, 0.5) is 0 Å². The number of carbonyl (C=O) groups excluding carboxylic acids is 1. The van der Waals surface area contributed by atoms with E-state index in [0.29, 0.717) is 27.3 Å². The summed E-state index contributed by atoms with van der Waals surface area (Å²) in [7, 11) is 0. The van der Waals surface area contributed by atoms with Crippen LogP contribution in [0.3, 0.4) is 0 Å². The van der Waals surface area contributed by atoms with Gasteiger partial charge in [-0.2, -0.15) is 10.2 Å². The lowest BCUT2D eigenvalue weighted by Crippen LogP contribution is -2.54. The molecule has 132 valence electrons. The van der Waals surface area contributed by atoms with Crippen molar-refractivity contribution in [3.63, 3.8) is 0 Å². The monoisotopic (exact) mass is 362 g/mol. The van der Waals surface area contributed by atoms with Gasteiger partial charge < -0.3 is 5.32 Å². The Morgan fingerprint density at radius 2 is 1.96 bits per heavy atom. The number of aryl methyl sites for hydroxylation is 1. The lowest BCUT2D eigenvalue weighted by molar-refractivity contribution is -0.128. The van der Waals surface area contributed by atoms with Crippen molar-refractivity contribution in [1.29, 1.82) is 0 Å². The van der Waals surface area contributed by atoms with Crippen molar-refractivity contribution in [3.05, 3.63) is 38.8 Å². The summed E-state index contributed by atoms with van der Waals surface area (Å²) in [5.41, 5.74) is -1.82. The zero-order valence-corrected chi connectivity index (χ0v) is 15.1. The number of hydrogen-bond donors (Lipinski definition) is 2. The highest BCUT2D eigenvalue weighted by atomic mass is 32.1. The molecule has 0 saturated heterocycles. The molecule has 0 aliphatic rings. The van der Waals surface area contributed by atoms with Gasteiger partial charge in [-0.1, -0.05) is 11.3 Å². The molecule has 0 unspecified atom stereocenters. The quantitative estimate of drug-likeness (QED) is 0.702. The Kier molecular flexibility index (Phi) is 4.07. The van der Waals surface area contributed by atoms with Gasteiger partial charge in [0.15, 0.2) is 0 Å². The van der Waals surface area contributed by atoms with Crippen LogP contribution in [0.5, 0.6) is 0 Å². The second-order valence-corrected chi connectivity index (χ2v) is 7.04. The molecule has 3 aromatic heterocycles. The molecule has 0 saturated carbocycles. The molecule has 3 aromatic rings. The summed E-state index contributed by atoms with van der Waals surface area (Å²) in [6.45, 7) is 7.03. The highest BCUT2D eigenvalue weighted by Crippen LogP contribution is 2.29. The number of aromatic nitrogens is 5. The van der Waals surface area contributed by atoms with Crippen LogP contribution in [-0.4, -0.2) is 37.0 Å². The van der Waals surface area contributed by atoms with Gasteiger partial charge in [-0.15, -0.1) is 4.80 Å². The van der Waals surface area contributed by atoms with E-state index >= 15 is 0 Å². The average Bonchev–Trinajstić information content (AvgIpc) is 3.15. The number of amides is 1. The van der Waals surface area contributed by atoms with Gasteiger partial charge in [0.05, 0.1) is 17.8 Å². The molecule has 25 heavy (non-hydrogen) atoms. The Bertz CT molecular complexity index is 1060. The van der Waals surface area contributed by atoms with Gasteiger partial charge >= 0.3 is 5.69 Å². The first kappa shape index (κ1) is 17.1. The number of carbonyl (C=O) groups is 1. The molecule has 9 nitrogen and oxygen atoms in total. The second-order valence-electron chi connectivity index (χ2n) is 6.04. The molecule has 3 heterocycles. The fraction of sp³-hybridized carbons (Fsp3) is 0.400. The molecule has 0 spiro atoms. The summed E-state index contributed by atoms with van der Waals surface area (Å²) in [5, 5.41) is 11.8. The molecule has 3 rings (SSSR count). The van der Waals surface area contributed by atoms with Crippen LogP contribution in [0.1, 0.15) is 26.3 Å². The summed E-state index contributed by atoms with van der Waals surface area (Å²) in [4.78, 5) is 42.4. The first-order chi connectivity index (χ1) is 11.8. The number of fused-ring (bicyclic) bond motifs is 1. The van der Waals surface area contributed by atoms with E-state index in [-0.39, 0.29) is 0 Å².